The molecule has 0 bridgehead atoms. The number of carbonyl (C=O) groups excluding carboxylic acids is 1. The molecule has 0 fully saturated rings. The van der Waals surface area contributed by atoms with Crippen LogP contribution in [0.15, 0.2) is 72.4 Å². The van der Waals surface area contributed by atoms with Crippen LogP contribution in [-0.4, -0.2) is 6.29 Å². The second-order valence-corrected chi connectivity index (χ2v) is 5.01. The Hall–Kier alpha value is -1.89. The minimum atomic E-state index is 0.792. The van der Waals surface area contributed by atoms with E-state index in [9.17, 15) is 4.79 Å². The van der Waals surface area contributed by atoms with E-state index in [1.807, 2.05) is 13.0 Å². The van der Waals surface area contributed by atoms with Crippen LogP contribution < -0.4 is 0 Å². The Bertz CT molecular complexity index is 431. The number of hydrogen-bond acceptors (Lipinski definition) is 1. The number of allylic oxidation sites excluding steroid dienone is 12. The summed E-state index contributed by atoms with van der Waals surface area (Å²) in [7, 11) is 0. The molecule has 22 heavy (non-hydrogen) atoms. The molecule has 0 spiro atoms. The van der Waals surface area contributed by atoms with Gasteiger partial charge in [-0.2, -0.15) is 0 Å². The van der Waals surface area contributed by atoms with Crippen molar-refractivity contribution in [2.24, 2.45) is 0 Å². The van der Waals surface area contributed by atoms with E-state index < -0.39 is 0 Å². The molecule has 0 aromatic rings. The largest absolute Gasteiger partial charge is 0.298 e. The molecule has 120 valence electrons. The van der Waals surface area contributed by atoms with Crippen LogP contribution in [0.3, 0.4) is 0 Å². The lowest BCUT2D eigenvalue weighted by Gasteiger charge is -1.86. The standard InChI is InChI=1S/C21H30O/c1-3-4-5-6-7-8-9-10-11-12-13-14-15-16-17-18-19-21(2)20-22/h4-5,7-8,10-11,13-14,16-17,19-20H,3,6,9,12,15,18H2,1-2H3/b5-4-,8-7-,11-10-,14-13-,17-16-,21-19+. The van der Waals surface area contributed by atoms with Crippen LogP contribution in [0.4, 0.5) is 0 Å². The molecular weight excluding hydrogens is 268 g/mol. The van der Waals surface area contributed by atoms with E-state index in [-0.39, 0.29) is 0 Å². The van der Waals surface area contributed by atoms with Crippen molar-refractivity contribution >= 4 is 6.29 Å². The third kappa shape index (κ3) is 16.2. The predicted octanol–water partition coefficient (Wildman–Crippen LogP) is 6.27. The summed E-state index contributed by atoms with van der Waals surface area (Å²) in [5, 5.41) is 0. The first-order chi connectivity index (χ1) is 10.8. The fourth-order valence-electron chi connectivity index (χ4n) is 1.65. The van der Waals surface area contributed by atoms with E-state index in [4.69, 9.17) is 0 Å². The topological polar surface area (TPSA) is 17.1 Å². The third-order valence-electron chi connectivity index (χ3n) is 2.92. The molecule has 0 aliphatic rings. The zero-order chi connectivity index (χ0) is 16.3. The summed E-state index contributed by atoms with van der Waals surface area (Å²) in [6.07, 6.45) is 30.5. The average molecular weight is 298 g/mol. The zero-order valence-electron chi connectivity index (χ0n) is 14.1. The van der Waals surface area contributed by atoms with Crippen LogP contribution >= 0.6 is 0 Å². The summed E-state index contributed by atoms with van der Waals surface area (Å²) in [4.78, 5) is 10.4. The van der Waals surface area contributed by atoms with Gasteiger partial charge in [0.05, 0.1) is 0 Å². The molecular formula is C21H30O. The monoisotopic (exact) mass is 298 g/mol. The number of carbonyl (C=O) groups is 1. The van der Waals surface area contributed by atoms with Gasteiger partial charge < -0.3 is 0 Å². The van der Waals surface area contributed by atoms with E-state index in [1.165, 1.54) is 0 Å². The highest BCUT2D eigenvalue weighted by molar-refractivity contribution is 5.71. The smallest absolute Gasteiger partial charge is 0.145 e. The normalized spacial score (nSPS) is 13.6. The Morgan fingerprint density at radius 2 is 1.00 bits per heavy atom. The lowest BCUT2D eigenvalue weighted by atomic mass is 10.2. The van der Waals surface area contributed by atoms with Crippen LogP contribution in [0.2, 0.25) is 0 Å². The second-order valence-electron chi connectivity index (χ2n) is 5.01. The van der Waals surface area contributed by atoms with E-state index in [0.717, 1.165) is 50.4 Å². The number of hydrogen-bond donors (Lipinski definition) is 0. The van der Waals surface area contributed by atoms with Crippen molar-refractivity contribution < 1.29 is 4.79 Å². The van der Waals surface area contributed by atoms with Crippen LogP contribution in [-0.2, 0) is 4.79 Å². The Morgan fingerprint density at radius 1 is 0.636 bits per heavy atom. The van der Waals surface area contributed by atoms with Gasteiger partial charge in [-0.1, -0.05) is 73.8 Å². The fourth-order valence-corrected chi connectivity index (χ4v) is 1.65. The van der Waals surface area contributed by atoms with Gasteiger partial charge in [-0.3, -0.25) is 4.79 Å². The molecule has 0 N–H and O–H groups in total. The molecule has 0 saturated heterocycles. The number of rotatable bonds is 12. The Morgan fingerprint density at radius 3 is 1.36 bits per heavy atom. The summed E-state index contributed by atoms with van der Waals surface area (Å²) < 4.78 is 0. The van der Waals surface area contributed by atoms with Crippen molar-refractivity contribution in [1.82, 2.24) is 0 Å². The summed E-state index contributed by atoms with van der Waals surface area (Å²) in [5.41, 5.74) is 0.792. The maximum Gasteiger partial charge on any atom is 0.145 e. The summed E-state index contributed by atoms with van der Waals surface area (Å²) in [6, 6.07) is 0. The van der Waals surface area contributed by atoms with Crippen molar-refractivity contribution in [3.05, 3.63) is 72.4 Å². The van der Waals surface area contributed by atoms with Crippen LogP contribution in [0, 0.1) is 0 Å². The van der Waals surface area contributed by atoms with Gasteiger partial charge in [0, 0.05) is 0 Å². The van der Waals surface area contributed by atoms with Gasteiger partial charge in [-0.25, -0.2) is 0 Å². The summed E-state index contributed by atoms with van der Waals surface area (Å²) >= 11 is 0. The Balaban J connectivity index is 3.57. The van der Waals surface area contributed by atoms with Crippen LogP contribution in [0.5, 0.6) is 0 Å². The first-order valence-electron chi connectivity index (χ1n) is 8.18. The van der Waals surface area contributed by atoms with Crippen LogP contribution in [0.25, 0.3) is 0 Å². The van der Waals surface area contributed by atoms with Crippen molar-refractivity contribution in [3.63, 3.8) is 0 Å². The Labute approximate surface area is 136 Å². The molecule has 1 nitrogen and oxygen atoms in total. The predicted molar refractivity (Wildman–Crippen MR) is 98.9 cm³/mol. The minimum Gasteiger partial charge on any atom is -0.298 e. The fraction of sp³-hybridized carbons (Fsp3) is 0.381. The molecule has 0 unspecified atom stereocenters. The van der Waals surface area contributed by atoms with Crippen molar-refractivity contribution in [2.75, 3.05) is 0 Å². The molecule has 0 atom stereocenters. The minimum absolute atomic E-state index is 0.792. The Kier molecular flexibility index (Phi) is 15.7. The van der Waals surface area contributed by atoms with Crippen LogP contribution in [0.1, 0.15) is 52.4 Å². The lowest BCUT2D eigenvalue weighted by Crippen LogP contribution is -1.73. The molecule has 0 aliphatic heterocycles. The van der Waals surface area contributed by atoms with E-state index in [2.05, 4.69) is 67.7 Å². The first kappa shape index (κ1) is 20.1. The highest BCUT2D eigenvalue weighted by atomic mass is 16.1. The molecule has 0 radical (unpaired) electrons. The van der Waals surface area contributed by atoms with E-state index >= 15 is 0 Å². The van der Waals surface area contributed by atoms with Crippen molar-refractivity contribution in [1.29, 1.82) is 0 Å². The van der Waals surface area contributed by atoms with Crippen molar-refractivity contribution in [3.8, 4) is 0 Å². The molecule has 0 amide bonds. The molecule has 1 heteroatoms. The van der Waals surface area contributed by atoms with Gasteiger partial charge in [0.1, 0.15) is 6.29 Å². The summed E-state index contributed by atoms with van der Waals surface area (Å²) in [6.45, 7) is 3.97. The highest BCUT2D eigenvalue weighted by Gasteiger charge is 1.80. The first-order valence-corrected chi connectivity index (χ1v) is 8.18. The van der Waals surface area contributed by atoms with Gasteiger partial charge in [0.2, 0.25) is 0 Å². The molecule has 0 aliphatic carbocycles. The SMILES string of the molecule is CC/C=C\C/C=C\C/C=C\C/C=C\C/C=C\C/C=C(\C)C=O. The average Bonchev–Trinajstić information content (AvgIpc) is 2.54. The second kappa shape index (κ2) is 17.2. The summed E-state index contributed by atoms with van der Waals surface area (Å²) in [5.74, 6) is 0. The third-order valence-corrected chi connectivity index (χ3v) is 2.92. The molecule has 0 aromatic heterocycles. The van der Waals surface area contributed by atoms with Gasteiger partial charge in [-0.05, 0) is 51.0 Å². The van der Waals surface area contributed by atoms with Gasteiger partial charge in [0.15, 0.2) is 0 Å². The maximum atomic E-state index is 10.4. The molecule has 0 rings (SSSR count). The molecule has 0 saturated carbocycles. The van der Waals surface area contributed by atoms with Gasteiger partial charge in [0.25, 0.3) is 0 Å². The number of aldehydes is 1. The maximum absolute atomic E-state index is 10.4. The molecule has 0 aromatic carbocycles. The highest BCUT2D eigenvalue weighted by Crippen LogP contribution is 1.97. The van der Waals surface area contributed by atoms with E-state index in [0.29, 0.717) is 0 Å². The quantitative estimate of drug-likeness (QED) is 0.236. The van der Waals surface area contributed by atoms with E-state index in [1.54, 1.807) is 0 Å². The lowest BCUT2D eigenvalue weighted by molar-refractivity contribution is -0.104. The van der Waals surface area contributed by atoms with Gasteiger partial charge >= 0.3 is 0 Å². The van der Waals surface area contributed by atoms with Crippen molar-refractivity contribution in [2.45, 2.75) is 52.4 Å². The van der Waals surface area contributed by atoms with Gasteiger partial charge in [-0.15, -0.1) is 0 Å². The molecule has 0 heterocycles. The zero-order valence-corrected chi connectivity index (χ0v) is 14.1.